The molecule has 2 aliphatic rings. The lowest BCUT2D eigenvalue weighted by Crippen LogP contribution is -2.34. The Morgan fingerprint density at radius 2 is 1.88 bits per heavy atom. The van der Waals surface area contributed by atoms with Crippen LogP contribution >= 0.6 is 0 Å². The molecule has 0 aliphatic carbocycles. The fraction of sp³-hybridized carbons (Fsp3) is 0.300. The quantitative estimate of drug-likeness (QED) is 0.868. The Morgan fingerprint density at radius 3 is 2.77 bits per heavy atom. The number of nitrogens with one attached hydrogen (secondary N) is 1. The number of oxime groups is 1. The summed E-state index contributed by atoms with van der Waals surface area (Å²) in [4.78, 5) is 17.6. The Hall–Kier alpha value is -3.02. The lowest BCUT2D eigenvalue weighted by molar-refractivity contribution is -0.131. The molecule has 1 atom stereocenters. The standard InChI is InChI=1S/C20H20N2O4/c23-20(21-12-15-7-9-17-18(10-15)25-13-24-17)19-11-16(22-26-19)8-6-14-4-2-1-3-5-14/h1-5,7,9-10,19H,6,8,11-13H2,(H,21,23)/t19-/m0/s1. The average molecular weight is 352 g/mol. The van der Waals surface area contributed by atoms with Crippen molar-refractivity contribution in [2.24, 2.45) is 5.16 Å². The van der Waals surface area contributed by atoms with E-state index in [4.69, 9.17) is 14.3 Å². The third-order valence-corrected chi connectivity index (χ3v) is 4.47. The molecule has 6 nitrogen and oxygen atoms in total. The first kappa shape index (κ1) is 16.4. The van der Waals surface area contributed by atoms with Crippen LogP contribution in [0.4, 0.5) is 0 Å². The van der Waals surface area contributed by atoms with Crippen molar-refractivity contribution >= 4 is 11.6 Å². The molecule has 2 aliphatic heterocycles. The van der Waals surface area contributed by atoms with Gasteiger partial charge in [0.05, 0.1) is 5.71 Å². The molecular formula is C20H20N2O4. The number of ether oxygens (including phenoxy) is 2. The Morgan fingerprint density at radius 1 is 1.04 bits per heavy atom. The number of benzene rings is 2. The molecule has 2 aromatic carbocycles. The summed E-state index contributed by atoms with van der Waals surface area (Å²) in [6.07, 6.45) is 1.69. The van der Waals surface area contributed by atoms with Gasteiger partial charge >= 0.3 is 0 Å². The van der Waals surface area contributed by atoms with E-state index in [1.165, 1.54) is 5.56 Å². The van der Waals surface area contributed by atoms with Crippen LogP contribution in [0.1, 0.15) is 24.0 Å². The molecule has 134 valence electrons. The van der Waals surface area contributed by atoms with E-state index in [1.54, 1.807) is 0 Å². The molecule has 1 amide bonds. The second-order valence-electron chi connectivity index (χ2n) is 6.35. The van der Waals surface area contributed by atoms with Crippen LogP contribution in [0.2, 0.25) is 0 Å². The fourth-order valence-corrected chi connectivity index (χ4v) is 3.00. The molecule has 0 fully saturated rings. The highest BCUT2D eigenvalue weighted by atomic mass is 16.7. The first-order valence-electron chi connectivity index (χ1n) is 8.70. The topological polar surface area (TPSA) is 69.2 Å². The van der Waals surface area contributed by atoms with Gasteiger partial charge in [-0.25, -0.2) is 0 Å². The summed E-state index contributed by atoms with van der Waals surface area (Å²) in [6.45, 7) is 0.652. The van der Waals surface area contributed by atoms with Crippen molar-refractivity contribution in [3.63, 3.8) is 0 Å². The SMILES string of the molecule is O=C(NCc1ccc2c(c1)OCO2)[C@@H]1CC(CCc2ccccc2)=NO1. The van der Waals surface area contributed by atoms with Gasteiger partial charge in [0.25, 0.3) is 5.91 Å². The molecule has 1 N–H and O–H groups in total. The van der Waals surface area contributed by atoms with Gasteiger partial charge in [-0.2, -0.15) is 0 Å². The highest BCUT2D eigenvalue weighted by molar-refractivity contribution is 5.92. The number of fused-ring (bicyclic) bond motifs is 1. The Kier molecular flexibility index (Phi) is 4.73. The molecule has 0 saturated heterocycles. The van der Waals surface area contributed by atoms with Gasteiger partial charge in [0.2, 0.25) is 12.9 Å². The summed E-state index contributed by atoms with van der Waals surface area (Å²) in [7, 11) is 0. The van der Waals surface area contributed by atoms with E-state index in [1.807, 2.05) is 36.4 Å². The molecule has 2 aromatic rings. The Balaban J connectivity index is 1.23. The molecule has 0 saturated carbocycles. The number of carbonyl (C=O) groups is 1. The minimum Gasteiger partial charge on any atom is -0.454 e. The van der Waals surface area contributed by atoms with Crippen molar-refractivity contribution < 1.29 is 19.1 Å². The summed E-state index contributed by atoms with van der Waals surface area (Å²) in [6, 6.07) is 15.9. The largest absolute Gasteiger partial charge is 0.454 e. The van der Waals surface area contributed by atoms with Crippen molar-refractivity contribution in [1.82, 2.24) is 5.32 Å². The van der Waals surface area contributed by atoms with Crippen molar-refractivity contribution in [3.05, 3.63) is 59.7 Å². The number of carbonyl (C=O) groups excluding carboxylic acids is 1. The highest BCUT2D eigenvalue weighted by Crippen LogP contribution is 2.32. The monoisotopic (exact) mass is 352 g/mol. The maximum absolute atomic E-state index is 12.3. The normalized spacial score (nSPS) is 17.5. The van der Waals surface area contributed by atoms with Gasteiger partial charge in [0.15, 0.2) is 11.5 Å². The molecule has 6 heteroatoms. The third kappa shape index (κ3) is 3.79. The number of nitrogens with zero attached hydrogens (tertiary/aromatic N) is 1. The van der Waals surface area contributed by atoms with Crippen LogP contribution in [0.5, 0.6) is 11.5 Å². The number of rotatable bonds is 6. The summed E-state index contributed by atoms with van der Waals surface area (Å²) >= 11 is 0. The van der Waals surface area contributed by atoms with Gasteiger partial charge < -0.3 is 19.6 Å². The van der Waals surface area contributed by atoms with Gasteiger partial charge in [0.1, 0.15) is 0 Å². The van der Waals surface area contributed by atoms with Crippen LogP contribution in [-0.4, -0.2) is 24.5 Å². The Labute approximate surface area is 151 Å². The lowest BCUT2D eigenvalue weighted by atomic mass is 10.0. The predicted molar refractivity (Wildman–Crippen MR) is 96.1 cm³/mol. The van der Waals surface area contributed by atoms with Gasteiger partial charge in [-0.15, -0.1) is 0 Å². The molecular weight excluding hydrogens is 332 g/mol. The van der Waals surface area contributed by atoms with Gasteiger partial charge in [-0.05, 0) is 36.1 Å². The minimum absolute atomic E-state index is 0.152. The molecule has 0 aromatic heterocycles. The van der Waals surface area contributed by atoms with Crippen molar-refractivity contribution in [2.45, 2.75) is 31.9 Å². The van der Waals surface area contributed by atoms with Crippen molar-refractivity contribution in [1.29, 1.82) is 0 Å². The van der Waals surface area contributed by atoms with Gasteiger partial charge in [0, 0.05) is 13.0 Å². The van der Waals surface area contributed by atoms with E-state index < -0.39 is 6.10 Å². The van der Waals surface area contributed by atoms with Crippen molar-refractivity contribution in [3.8, 4) is 11.5 Å². The van der Waals surface area contributed by atoms with E-state index in [-0.39, 0.29) is 12.7 Å². The van der Waals surface area contributed by atoms with Crippen LogP contribution < -0.4 is 14.8 Å². The molecule has 0 spiro atoms. The molecule has 4 rings (SSSR count). The van der Waals surface area contributed by atoms with Gasteiger partial charge in [-0.1, -0.05) is 41.6 Å². The molecule has 0 bridgehead atoms. The zero-order chi connectivity index (χ0) is 17.8. The maximum atomic E-state index is 12.3. The number of hydrogen-bond donors (Lipinski definition) is 1. The van der Waals surface area contributed by atoms with Gasteiger partial charge in [-0.3, -0.25) is 4.79 Å². The highest BCUT2D eigenvalue weighted by Gasteiger charge is 2.27. The zero-order valence-corrected chi connectivity index (χ0v) is 14.3. The minimum atomic E-state index is -0.546. The number of hydrogen-bond acceptors (Lipinski definition) is 5. The first-order valence-corrected chi connectivity index (χ1v) is 8.70. The smallest absolute Gasteiger partial charge is 0.264 e. The van der Waals surface area contributed by atoms with E-state index in [0.717, 1.165) is 29.9 Å². The maximum Gasteiger partial charge on any atom is 0.264 e. The van der Waals surface area contributed by atoms with Crippen LogP contribution in [0, 0.1) is 0 Å². The third-order valence-electron chi connectivity index (χ3n) is 4.47. The molecule has 26 heavy (non-hydrogen) atoms. The molecule has 0 unspecified atom stereocenters. The van der Waals surface area contributed by atoms with Crippen molar-refractivity contribution in [2.75, 3.05) is 6.79 Å². The Bertz CT molecular complexity index is 820. The van der Waals surface area contributed by atoms with E-state index >= 15 is 0 Å². The van der Waals surface area contributed by atoms with E-state index in [0.29, 0.717) is 18.7 Å². The van der Waals surface area contributed by atoms with Crippen LogP contribution in [0.25, 0.3) is 0 Å². The summed E-state index contributed by atoms with van der Waals surface area (Å²) in [5.41, 5.74) is 3.13. The second-order valence-corrected chi connectivity index (χ2v) is 6.35. The fourth-order valence-electron chi connectivity index (χ4n) is 3.00. The lowest BCUT2D eigenvalue weighted by Gasteiger charge is -2.10. The summed E-state index contributed by atoms with van der Waals surface area (Å²) in [5.74, 6) is 1.29. The average Bonchev–Trinajstić information content (AvgIpc) is 3.34. The second kappa shape index (κ2) is 7.47. The zero-order valence-electron chi connectivity index (χ0n) is 14.3. The van der Waals surface area contributed by atoms with Crippen LogP contribution in [-0.2, 0) is 22.6 Å². The van der Waals surface area contributed by atoms with Crippen LogP contribution in [0.3, 0.4) is 0 Å². The van der Waals surface area contributed by atoms with E-state index in [2.05, 4.69) is 22.6 Å². The summed E-state index contributed by atoms with van der Waals surface area (Å²) in [5, 5.41) is 6.97. The first-order chi connectivity index (χ1) is 12.8. The number of aryl methyl sites for hydroxylation is 1. The summed E-state index contributed by atoms with van der Waals surface area (Å²) < 4.78 is 10.6. The van der Waals surface area contributed by atoms with Crippen LogP contribution in [0.15, 0.2) is 53.7 Å². The van der Waals surface area contributed by atoms with E-state index in [9.17, 15) is 4.79 Å². The molecule has 0 radical (unpaired) electrons. The molecule has 2 heterocycles. The number of amides is 1. The predicted octanol–water partition coefficient (Wildman–Crippen LogP) is 2.81.